The van der Waals surface area contributed by atoms with E-state index in [-0.39, 0.29) is 16.9 Å². The predicted octanol–water partition coefficient (Wildman–Crippen LogP) is 4.63. The van der Waals surface area contributed by atoms with Crippen molar-refractivity contribution in [3.8, 4) is 0 Å². The molecule has 0 heterocycles. The molecule has 21 heavy (non-hydrogen) atoms. The predicted molar refractivity (Wildman–Crippen MR) is 87.3 cm³/mol. The van der Waals surface area contributed by atoms with Gasteiger partial charge in [-0.2, -0.15) is 0 Å². The molecule has 0 aliphatic heterocycles. The number of rotatable bonds is 7. The number of halogens is 2. The average Bonchev–Trinajstić information content (AvgIpc) is 2.50. The zero-order valence-corrected chi connectivity index (χ0v) is 13.0. The molecule has 112 valence electrons. The molecular weight excluding hydrogens is 285 g/mol. The van der Waals surface area contributed by atoms with Gasteiger partial charge in [0.1, 0.15) is 5.82 Å². The van der Waals surface area contributed by atoms with Gasteiger partial charge >= 0.3 is 0 Å². The fourth-order valence-corrected chi connectivity index (χ4v) is 2.64. The summed E-state index contributed by atoms with van der Waals surface area (Å²) in [6, 6.07) is 15.6. The molecule has 0 saturated heterocycles. The topological polar surface area (TPSA) is 12.0 Å². The minimum Gasteiger partial charge on any atom is -0.313 e. The Morgan fingerprint density at radius 1 is 1.05 bits per heavy atom. The summed E-state index contributed by atoms with van der Waals surface area (Å²) in [5.41, 5.74) is 2.14. The Bertz CT molecular complexity index is 556. The molecule has 2 rings (SSSR count). The van der Waals surface area contributed by atoms with E-state index in [1.807, 2.05) is 24.3 Å². The molecule has 1 N–H and O–H groups in total. The van der Waals surface area contributed by atoms with Gasteiger partial charge in [-0.05, 0) is 43.0 Å². The second kappa shape index (κ2) is 8.16. The molecule has 3 heteroatoms. The van der Waals surface area contributed by atoms with E-state index in [9.17, 15) is 4.39 Å². The number of nitrogens with one attached hydrogen (secondary N) is 1. The number of benzene rings is 2. The summed E-state index contributed by atoms with van der Waals surface area (Å²) in [6.45, 7) is 3.09. The molecule has 0 saturated carbocycles. The lowest BCUT2D eigenvalue weighted by Crippen LogP contribution is -2.34. The molecule has 0 bridgehead atoms. The lowest BCUT2D eigenvalue weighted by molar-refractivity contribution is 0.503. The van der Waals surface area contributed by atoms with E-state index in [2.05, 4.69) is 24.4 Å². The Kier molecular flexibility index (Phi) is 6.21. The minimum absolute atomic E-state index is 0.244. The van der Waals surface area contributed by atoms with Crippen LogP contribution in [0.2, 0.25) is 5.02 Å². The molecule has 0 fully saturated rings. The molecular formula is C18H21ClFN. The van der Waals surface area contributed by atoms with E-state index in [4.69, 9.17) is 11.6 Å². The van der Waals surface area contributed by atoms with Crippen LogP contribution in [0.25, 0.3) is 0 Å². The van der Waals surface area contributed by atoms with Crippen LogP contribution in [0.3, 0.4) is 0 Å². The molecule has 0 amide bonds. The standard InChI is InChI=1S/C18H21ClFN/c1-2-11-21-16(12-14-7-4-3-5-8-14)13-15-9-6-10-17(20)18(15)19/h3-10,16,21H,2,11-13H2,1H3. The lowest BCUT2D eigenvalue weighted by atomic mass is 9.98. The lowest BCUT2D eigenvalue weighted by Gasteiger charge is -2.19. The van der Waals surface area contributed by atoms with Gasteiger partial charge in [0.05, 0.1) is 5.02 Å². The van der Waals surface area contributed by atoms with Crippen LogP contribution in [0.1, 0.15) is 24.5 Å². The third kappa shape index (κ3) is 4.83. The first-order valence-corrected chi connectivity index (χ1v) is 7.78. The molecule has 1 unspecified atom stereocenters. The molecule has 0 spiro atoms. The maximum atomic E-state index is 13.6. The van der Waals surface area contributed by atoms with E-state index in [0.717, 1.165) is 31.4 Å². The van der Waals surface area contributed by atoms with Crippen molar-refractivity contribution < 1.29 is 4.39 Å². The highest BCUT2D eigenvalue weighted by molar-refractivity contribution is 6.31. The van der Waals surface area contributed by atoms with Crippen LogP contribution in [0.15, 0.2) is 48.5 Å². The first kappa shape index (κ1) is 16.0. The van der Waals surface area contributed by atoms with E-state index in [1.165, 1.54) is 11.6 Å². The second-order valence-electron chi connectivity index (χ2n) is 5.26. The van der Waals surface area contributed by atoms with Crippen LogP contribution < -0.4 is 5.32 Å². The third-order valence-corrected chi connectivity index (χ3v) is 3.93. The maximum absolute atomic E-state index is 13.6. The van der Waals surface area contributed by atoms with Crippen molar-refractivity contribution in [1.29, 1.82) is 0 Å². The second-order valence-corrected chi connectivity index (χ2v) is 5.64. The van der Waals surface area contributed by atoms with Crippen molar-refractivity contribution >= 4 is 11.6 Å². The summed E-state index contributed by atoms with van der Waals surface area (Å²) in [4.78, 5) is 0. The molecule has 1 atom stereocenters. The average molecular weight is 306 g/mol. The van der Waals surface area contributed by atoms with Gasteiger partial charge in [0.2, 0.25) is 0 Å². The molecule has 1 nitrogen and oxygen atoms in total. The van der Waals surface area contributed by atoms with Crippen molar-refractivity contribution in [1.82, 2.24) is 5.32 Å². The fourth-order valence-electron chi connectivity index (χ4n) is 2.44. The fraction of sp³-hybridized carbons (Fsp3) is 0.333. The van der Waals surface area contributed by atoms with Gasteiger partial charge in [-0.25, -0.2) is 4.39 Å². The van der Waals surface area contributed by atoms with Gasteiger partial charge in [0.15, 0.2) is 0 Å². The maximum Gasteiger partial charge on any atom is 0.142 e. The Balaban J connectivity index is 2.10. The van der Waals surface area contributed by atoms with Gasteiger partial charge in [-0.3, -0.25) is 0 Å². The molecule has 0 aliphatic carbocycles. The minimum atomic E-state index is -0.344. The van der Waals surface area contributed by atoms with Crippen molar-refractivity contribution in [2.45, 2.75) is 32.2 Å². The summed E-state index contributed by atoms with van der Waals surface area (Å²) in [5, 5.41) is 3.78. The van der Waals surface area contributed by atoms with Crippen LogP contribution in [0.4, 0.5) is 4.39 Å². The Morgan fingerprint density at radius 2 is 1.81 bits per heavy atom. The Labute approximate surface area is 131 Å². The highest BCUT2D eigenvalue weighted by atomic mass is 35.5. The summed E-state index contributed by atoms with van der Waals surface area (Å²) >= 11 is 6.07. The summed E-state index contributed by atoms with van der Waals surface area (Å²) in [5.74, 6) is -0.344. The molecule has 2 aromatic rings. The smallest absolute Gasteiger partial charge is 0.142 e. The zero-order valence-electron chi connectivity index (χ0n) is 12.3. The monoisotopic (exact) mass is 305 g/mol. The number of hydrogen-bond acceptors (Lipinski definition) is 1. The van der Waals surface area contributed by atoms with E-state index < -0.39 is 0 Å². The van der Waals surface area contributed by atoms with Gasteiger partial charge in [-0.15, -0.1) is 0 Å². The molecule has 0 aromatic heterocycles. The largest absolute Gasteiger partial charge is 0.313 e. The summed E-state index contributed by atoms with van der Waals surface area (Å²) in [7, 11) is 0. The third-order valence-electron chi connectivity index (χ3n) is 3.51. The van der Waals surface area contributed by atoms with E-state index in [0.29, 0.717) is 0 Å². The van der Waals surface area contributed by atoms with Crippen molar-refractivity contribution in [3.05, 3.63) is 70.5 Å². The van der Waals surface area contributed by atoms with Gasteiger partial charge < -0.3 is 5.32 Å². The van der Waals surface area contributed by atoms with Gasteiger partial charge in [0, 0.05) is 6.04 Å². The molecule has 2 aromatic carbocycles. The SMILES string of the molecule is CCCNC(Cc1ccccc1)Cc1cccc(F)c1Cl. The molecule has 0 radical (unpaired) electrons. The van der Waals surface area contributed by atoms with Crippen LogP contribution >= 0.6 is 11.6 Å². The van der Waals surface area contributed by atoms with Crippen molar-refractivity contribution in [2.24, 2.45) is 0 Å². The van der Waals surface area contributed by atoms with Crippen LogP contribution in [-0.4, -0.2) is 12.6 Å². The summed E-state index contributed by atoms with van der Waals surface area (Å²) < 4.78 is 13.6. The van der Waals surface area contributed by atoms with Crippen LogP contribution in [0, 0.1) is 5.82 Å². The van der Waals surface area contributed by atoms with Crippen molar-refractivity contribution in [2.75, 3.05) is 6.54 Å². The van der Waals surface area contributed by atoms with Crippen molar-refractivity contribution in [3.63, 3.8) is 0 Å². The molecule has 0 aliphatic rings. The van der Waals surface area contributed by atoms with Crippen LogP contribution in [-0.2, 0) is 12.8 Å². The Morgan fingerprint density at radius 3 is 2.52 bits per heavy atom. The first-order chi connectivity index (χ1) is 10.2. The Hall–Kier alpha value is -1.38. The summed E-state index contributed by atoms with van der Waals surface area (Å²) in [6.07, 6.45) is 2.71. The number of hydrogen-bond donors (Lipinski definition) is 1. The highest BCUT2D eigenvalue weighted by Gasteiger charge is 2.13. The normalized spacial score (nSPS) is 12.3. The van der Waals surface area contributed by atoms with Crippen LogP contribution in [0.5, 0.6) is 0 Å². The van der Waals surface area contributed by atoms with E-state index >= 15 is 0 Å². The quantitative estimate of drug-likeness (QED) is 0.786. The first-order valence-electron chi connectivity index (χ1n) is 7.41. The van der Waals surface area contributed by atoms with Gasteiger partial charge in [-0.1, -0.05) is 61.0 Å². The van der Waals surface area contributed by atoms with Gasteiger partial charge in [0.25, 0.3) is 0 Å². The van der Waals surface area contributed by atoms with E-state index in [1.54, 1.807) is 6.07 Å². The zero-order chi connectivity index (χ0) is 15.1. The highest BCUT2D eigenvalue weighted by Crippen LogP contribution is 2.21.